The highest BCUT2D eigenvalue weighted by molar-refractivity contribution is 7.45. The summed E-state index contributed by atoms with van der Waals surface area (Å²) in [6.07, 6.45) is 45.9. The van der Waals surface area contributed by atoms with Gasteiger partial charge in [-0.3, -0.25) is 14.2 Å². The molecule has 0 N–H and O–H groups in total. The highest BCUT2D eigenvalue weighted by atomic mass is 31.2. The van der Waals surface area contributed by atoms with Crippen LogP contribution in [0.25, 0.3) is 0 Å². The maximum atomic E-state index is 12.7. The SMILES string of the molecule is CCCCC/C=C\C/C=C\C/C=C\CCCCCCCCC(=O)OC(COC(=O)CCCCCCCCCCCCCCCCC)COP(=O)([O-])OCC[N+](C)(C)C. The first-order valence-corrected chi connectivity index (χ1v) is 25.2. The molecule has 0 amide bonds. The van der Waals surface area contributed by atoms with Crippen LogP contribution in [0, 0.1) is 0 Å². The molecule has 2 unspecified atom stereocenters. The van der Waals surface area contributed by atoms with Gasteiger partial charge in [-0.25, -0.2) is 0 Å². The van der Waals surface area contributed by atoms with Crippen LogP contribution in [-0.2, 0) is 32.7 Å². The van der Waals surface area contributed by atoms with Crippen LogP contribution < -0.4 is 4.89 Å². The molecule has 0 aliphatic carbocycles. The van der Waals surface area contributed by atoms with Gasteiger partial charge in [0.15, 0.2) is 6.10 Å². The van der Waals surface area contributed by atoms with E-state index in [1.54, 1.807) is 0 Å². The van der Waals surface area contributed by atoms with Crippen molar-refractivity contribution in [2.45, 2.75) is 213 Å². The number of likely N-dealkylation sites (N-methyl/N-ethyl adjacent to an activating group) is 1. The van der Waals surface area contributed by atoms with Crippen molar-refractivity contribution in [2.24, 2.45) is 0 Å². The Balaban J connectivity index is 4.33. The summed E-state index contributed by atoms with van der Waals surface area (Å²) in [6.45, 7) is 4.20. The summed E-state index contributed by atoms with van der Waals surface area (Å²) in [7, 11) is 1.16. The third-order valence-corrected chi connectivity index (χ3v) is 11.1. The van der Waals surface area contributed by atoms with Crippen molar-refractivity contribution in [2.75, 3.05) is 47.5 Å². The normalized spacial score (nSPS) is 13.8. The topological polar surface area (TPSA) is 111 Å². The van der Waals surface area contributed by atoms with Gasteiger partial charge < -0.3 is 27.9 Å². The average molecular weight is 840 g/mol. The van der Waals surface area contributed by atoms with Gasteiger partial charge in [0.05, 0.1) is 27.7 Å². The Morgan fingerprint density at radius 2 is 0.931 bits per heavy atom. The molecule has 10 heteroatoms. The number of ether oxygens (including phenoxy) is 2. The molecular formula is C48H90NO8P. The van der Waals surface area contributed by atoms with Gasteiger partial charge in [0.1, 0.15) is 19.8 Å². The quantitative estimate of drug-likeness (QED) is 0.0196. The van der Waals surface area contributed by atoms with Crippen molar-refractivity contribution in [1.82, 2.24) is 0 Å². The number of esters is 2. The second-order valence-electron chi connectivity index (χ2n) is 17.1. The molecule has 340 valence electrons. The highest BCUT2D eigenvalue weighted by Gasteiger charge is 2.21. The molecule has 0 saturated heterocycles. The zero-order chi connectivity index (χ0) is 42.8. The molecule has 0 saturated carbocycles. The maximum Gasteiger partial charge on any atom is 0.306 e. The van der Waals surface area contributed by atoms with Crippen LogP contribution in [0.4, 0.5) is 0 Å². The second-order valence-corrected chi connectivity index (χ2v) is 18.5. The van der Waals surface area contributed by atoms with Gasteiger partial charge in [0.25, 0.3) is 7.82 Å². The summed E-state index contributed by atoms with van der Waals surface area (Å²) in [6, 6.07) is 0. The highest BCUT2D eigenvalue weighted by Crippen LogP contribution is 2.38. The molecule has 0 aliphatic rings. The molecule has 0 fully saturated rings. The minimum Gasteiger partial charge on any atom is -0.756 e. The first kappa shape index (κ1) is 56.2. The lowest BCUT2D eigenvalue weighted by molar-refractivity contribution is -0.870. The number of allylic oxidation sites excluding steroid dienone is 6. The van der Waals surface area contributed by atoms with E-state index in [1.165, 1.54) is 103 Å². The third-order valence-electron chi connectivity index (χ3n) is 10.2. The number of phosphoric acid groups is 1. The lowest BCUT2D eigenvalue weighted by atomic mass is 10.0. The Bertz CT molecular complexity index is 1090. The third kappa shape index (κ3) is 43.8. The Labute approximate surface area is 357 Å². The number of carbonyl (C=O) groups excluding carboxylic acids is 2. The van der Waals surface area contributed by atoms with Crippen LogP contribution in [-0.4, -0.2) is 70.0 Å². The number of carbonyl (C=O) groups is 2. The van der Waals surface area contributed by atoms with Crippen LogP contribution in [0.5, 0.6) is 0 Å². The molecular weight excluding hydrogens is 750 g/mol. The van der Waals surface area contributed by atoms with E-state index >= 15 is 0 Å². The molecule has 0 spiro atoms. The molecule has 0 rings (SSSR count). The Kier molecular flexibility index (Phi) is 39.4. The van der Waals surface area contributed by atoms with Crippen molar-refractivity contribution in [1.29, 1.82) is 0 Å². The molecule has 0 aromatic rings. The number of rotatable bonds is 43. The largest absolute Gasteiger partial charge is 0.756 e. The first-order chi connectivity index (χ1) is 28.0. The Hall–Kier alpha value is -1.77. The van der Waals surface area contributed by atoms with Gasteiger partial charge in [0, 0.05) is 12.8 Å². The summed E-state index contributed by atoms with van der Waals surface area (Å²) < 4.78 is 34.0. The van der Waals surface area contributed by atoms with Gasteiger partial charge in [-0.1, -0.05) is 179 Å². The maximum absolute atomic E-state index is 12.7. The van der Waals surface area contributed by atoms with Crippen LogP contribution in [0.15, 0.2) is 36.5 Å². The molecule has 58 heavy (non-hydrogen) atoms. The first-order valence-electron chi connectivity index (χ1n) is 23.7. The second kappa shape index (κ2) is 40.6. The number of quaternary nitrogens is 1. The molecule has 0 aromatic heterocycles. The lowest BCUT2D eigenvalue weighted by Gasteiger charge is -2.28. The molecule has 0 radical (unpaired) electrons. The van der Waals surface area contributed by atoms with E-state index in [1.807, 2.05) is 21.1 Å². The van der Waals surface area contributed by atoms with Gasteiger partial charge in [-0.2, -0.15) is 0 Å². The van der Waals surface area contributed by atoms with Crippen molar-refractivity contribution < 1.29 is 42.1 Å². The van der Waals surface area contributed by atoms with E-state index in [2.05, 4.69) is 50.3 Å². The minimum absolute atomic E-state index is 0.0329. The van der Waals surface area contributed by atoms with Crippen molar-refractivity contribution in [3.63, 3.8) is 0 Å². The van der Waals surface area contributed by atoms with Crippen molar-refractivity contribution in [3.05, 3.63) is 36.5 Å². The van der Waals surface area contributed by atoms with Crippen LogP contribution in [0.1, 0.15) is 206 Å². The lowest BCUT2D eigenvalue weighted by Crippen LogP contribution is -2.37. The standard InChI is InChI=1S/C48H90NO8P/c1-6-8-10-12-14-16-18-20-22-23-24-25-27-29-31-33-35-37-39-41-48(51)57-46(45-56-58(52,53)55-43-42-49(3,4)5)44-54-47(50)40-38-36-34-32-30-28-26-21-19-17-15-13-11-9-7-2/h14,16,20,22,24-25,46H,6-13,15,17-19,21,23,26-45H2,1-5H3/b16-14-,22-20-,25-24-. The average Bonchev–Trinajstić information content (AvgIpc) is 3.17. The number of unbranched alkanes of at least 4 members (excludes halogenated alkanes) is 23. The van der Waals surface area contributed by atoms with Crippen molar-refractivity contribution in [3.8, 4) is 0 Å². The fourth-order valence-corrected chi connectivity index (χ4v) is 7.16. The predicted molar refractivity (Wildman–Crippen MR) is 241 cm³/mol. The van der Waals surface area contributed by atoms with Gasteiger partial charge in [0.2, 0.25) is 0 Å². The summed E-state index contributed by atoms with van der Waals surface area (Å²) >= 11 is 0. The van der Waals surface area contributed by atoms with Gasteiger partial charge in [-0.05, 0) is 51.4 Å². The fraction of sp³-hybridized carbons (Fsp3) is 0.833. The molecule has 0 aliphatic heterocycles. The Morgan fingerprint density at radius 1 is 0.534 bits per heavy atom. The summed E-state index contributed by atoms with van der Waals surface area (Å²) in [5.74, 6) is -0.843. The fourth-order valence-electron chi connectivity index (χ4n) is 6.43. The Morgan fingerprint density at radius 3 is 1.41 bits per heavy atom. The molecule has 0 aromatic carbocycles. The number of phosphoric ester groups is 1. The van der Waals surface area contributed by atoms with Crippen molar-refractivity contribution >= 4 is 19.8 Å². The zero-order valence-electron chi connectivity index (χ0n) is 38.2. The van der Waals surface area contributed by atoms with E-state index in [9.17, 15) is 19.0 Å². The number of nitrogens with zero attached hydrogens (tertiary/aromatic N) is 1. The van der Waals surface area contributed by atoms with Crippen LogP contribution in [0.2, 0.25) is 0 Å². The van der Waals surface area contributed by atoms with E-state index in [0.717, 1.165) is 70.6 Å². The minimum atomic E-state index is -4.63. The summed E-state index contributed by atoms with van der Waals surface area (Å²) in [5, 5.41) is 0. The van der Waals surface area contributed by atoms with Crippen LogP contribution in [0.3, 0.4) is 0 Å². The zero-order valence-corrected chi connectivity index (χ0v) is 39.1. The monoisotopic (exact) mass is 840 g/mol. The van der Waals surface area contributed by atoms with Gasteiger partial charge in [-0.15, -0.1) is 0 Å². The predicted octanol–water partition coefficient (Wildman–Crippen LogP) is 13.1. The molecule has 9 nitrogen and oxygen atoms in total. The van der Waals surface area contributed by atoms with Crippen LogP contribution >= 0.6 is 7.82 Å². The van der Waals surface area contributed by atoms with E-state index in [0.29, 0.717) is 17.4 Å². The van der Waals surface area contributed by atoms with E-state index < -0.39 is 26.5 Å². The number of hydrogen-bond acceptors (Lipinski definition) is 8. The van der Waals surface area contributed by atoms with Gasteiger partial charge >= 0.3 is 11.9 Å². The van der Waals surface area contributed by atoms with E-state index in [-0.39, 0.29) is 32.0 Å². The summed E-state index contributed by atoms with van der Waals surface area (Å²) in [4.78, 5) is 37.6. The molecule has 0 bridgehead atoms. The molecule has 2 atom stereocenters. The molecule has 0 heterocycles. The summed E-state index contributed by atoms with van der Waals surface area (Å²) in [5.41, 5.74) is 0. The van der Waals surface area contributed by atoms with E-state index in [4.69, 9.17) is 18.5 Å². The number of hydrogen-bond donors (Lipinski definition) is 0. The smallest absolute Gasteiger partial charge is 0.306 e.